The maximum Gasteiger partial charge on any atom is 0.400 e. The van der Waals surface area contributed by atoms with Gasteiger partial charge >= 0.3 is 10.4 Å². The van der Waals surface area contributed by atoms with E-state index in [9.17, 15) is 8.42 Å². The van der Waals surface area contributed by atoms with Crippen molar-refractivity contribution in [3.8, 4) is 0 Å². The van der Waals surface area contributed by atoms with Crippen LogP contribution in [0.25, 0.3) is 0 Å². The van der Waals surface area contributed by atoms with Crippen LogP contribution >= 0.6 is 22.6 Å². The van der Waals surface area contributed by atoms with Crippen molar-refractivity contribution >= 4 is 33.0 Å². The Balaban J connectivity index is 3.90. The Morgan fingerprint density at radius 1 is 1.56 bits per heavy atom. The average molecular weight is 266 g/mol. The zero-order chi connectivity index (χ0) is 7.49. The second kappa shape index (κ2) is 3.69. The molecule has 6 heteroatoms. The fourth-order valence-electron chi connectivity index (χ4n) is 0.202. The molecule has 1 unspecified atom stereocenters. The van der Waals surface area contributed by atoms with E-state index in [0.29, 0.717) is 0 Å². The van der Waals surface area contributed by atoms with Crippen LogP contribution < -0.4 is 0 Å². The Kier molecular flexibility index (Phi) is 3.94. The topological polar surface area (TPSA) is 52.6 Å². The third-order valence-corrected chi connectivity index (χ3v) is 1.99. The summed E-state index contributed by atoms with van der Waals surface area (Å²) in [7, 11) is -2.68. The Hall–Kier alpha value is 0.600. The Labute approximate surface area is 68.0 Å². The third kappa shape index (κ3) is 5.07. The summed E-state index contributed by atoms with van der Waals surface area (Å²) in [6.45, 7) is 1.59. The first-order valence-electron chi connectivity index (χ1n) is 2.11. The number of halogens is 1. The van der Waals surface area contributed by atoms with Gasteiger partial charge in [-0.15, -0.1) is 0 Å². The smallest absolute Gasteiger partial charge is 0.252 e. The van der Waals surface area contributed by atoms with Crippen molar-refractivity contribution in [3.05, 3.63) is 0 Å². The van der Waals surface area contributed by atoms with Crippen LogP contribution in [0.4, 0.5) is 0 Å². The first-order valence-corrected chi connectivity index (χ1v) is 4.69. The fraction of sp³-hybridized carbons (Fsp3) is 1.00. The lowest BCUT2D eigenvalue weighted by Crippen LogP contribution is -2.10. The summed E-state index contributed by atoms with van der Waals surface area (Å²) in [5.41, 5.74) is 0. The van der Waals surface area contributed by atoms with Crippen molar-refractivity contribution < 1.29 is 16.8 Å². The molecule has 0 saturated heterocycles. The molecule has 0 aliphatic heterocycles. The summed E-state index contributed by atoms with van der Waals surface area (Å²) in [6.07, 6.45) is 0. The van der Waals surface area contributed by atoms with Crippen molar-refractivity contribution in [2.75, 3.05) is 7.11 Å². The first kappa shape index (κ1) is 9.60. The summed E-state index contributed by atoms with van der Waals surface area (Å²) in [5.74, 6) is 0. The van der Waals surface area contributed by atoms with Crippen LogP contribution in [-0.2, 0) is 18.8 Å². The zero-order valence-corrected chi connectivity index (χ0v) is 7.97. The van der Waals surface area contributed by atoms with Gasteiger partial charge in [-0.25, -0.2) is 4.18 Å². The standard InChI is InChI=1S/C3H7IO4S/c1-3(4)8-9(5,6)7-2/h3H,1-2H3. The van der Waals surface area contributed by atoms with E-state index in [1.807, 2.05) is 22.6 Å². The SMILES string of the molecule is COS(=O)(=O)OC(C)I. The molecule has 56 valence electrons. The molecule has 9 heavy (non-hydrogen) atoms. The lowest BCUT2D eigenvalue weighted by molar-refractivity contribution is 0.245. The van der Waals surface area contributed by atoms with Crippen molar-refractivity contribution in [1.82, 2.24) is 0 Å². The minimum absolute atomic E-state index is 0.396. The molecule has 0 fully saturated rings. The fourth-order valence-corrected chi connectivity index (χ4v) is 1.37. The molecule has 4 nitrogen and oxygen atoms in total. The van der Waals surface area contributed by atoms with Gasteiger partial charge in [-0.3, -0.25) is 4.18 Å². The molecule has 0 bridgehead atoms. The molecule has 0 rings (SSSR count). The number of rotatable bonds is 3. The molecule has 0 amide bonds. The summed E-state index contributed by atoms with van der Waals surface area (Å²) >= 11 is 1.81. The number of hydrogen-bond donors (Lipinski definition) is 0. The molecule has 0 aromatic heterocycles. The van der Waals surface area contributed by atoms with Crippen LogP contribution in [0.2, 0.25) is 0 Å². The van der Waals surface area contributed by atoms with Crippen molar-refractivity contribution in [1.29, 1.82) is 0 Å². The average Bonchev–Trinajstić information content (AvgIpc) is 1.63. The molecule has 1 atom stereocenters. The monoisotopic (exact) mass is 266 g/mol. The maximum atomic E-state index is 10.4. The highest BCUT2D eigenvalue weighted by Gasteiger charge is 2.11. The summed E-state index contributed by atoms with van der Waals surface area (Å²) in [4.78, 5) is 0. The zero-order valence-electron chi connectivity index (χ0n) is 5.00. The van der Waals surface area contributed by atoms with E-state index in [0.717, 1.165) is 7.11 Å². The summed E-state index contributed by atoms with van der Waals surface area (Å²) in [5, 5.41) is 0. The van der Waals surface area contributed by atoms with E-state index in [-0.39, 0.29) is 0 Å². The molecular weight excluding hydrogens is 259 g/mol. The van der Waals surface area contributed by atoms with E-state index in [4.69, 9.17) is 0 Å². The van der Waals surface area contributed by atoms with Crippen LogP contribution in [-0.4, -0.2) is 19.6 Å². The van der Waals surface area contributed by atoms with Crippen LogP contribution in [0, 0.1) is 0 Å². The summed E-state index contributed by atoms with van der Waals surface area (Å²) < 4.78 is 28.6. The van der Waals surface area contributed by atoms with Crippen molar-refractivity contribution in [3.63, 3.8) is 0 Å². The maximum absolute atomic E-state index is 10.4. The molecule has 0 spiro atoms. The van der Waals surface area contributed by atoms with Crippen LogP contribution in [0.5, 0.6) is 0 Å². The molecule has 0 aromatic carbocycles. The predicted molar refractivity (Wildman–Crippen MR) is 40.5 cm³/mol. The van der Waals surface area contributed by atoms with Gasteiger partial charge in [0.15, 0.2) is 0 Å². The van der Waals surface area contributed by atoms with Crippen molar-refractivity contribution in [2.24, 2.45) is 0 Å². The van der Waals surface area contributed by atoms with E-state index < -0.39 is 14.5 Å². The van der Waals surface area contributed by atoms with Gasteiger partial charge in [-0.2, -0.15) is 8.42 Å². The molecule has 0 aliphatic rings. The van der Waals surface area contributed by atoms with Crippen molar-refractivity contribution in [2.45, 2.75) is 11.0 Å². The first-order chi connectivity index (χ1) is 3.98. The Bertz CT molecular complexity index is 161. The van der Waals surface area contributed by atoms with E-state index in [1.165, 1.54) is 0 Å². The Morgan fingerprint density at radius 2 is 2.00 bits per heavy atom. The Morgan fingerprint density at radius 3 is 2.11 bits per heavy atom. The molecule has 0 heterocycles. The molecule has 0 N–H and O–H groups in total. The number of alkyl halides is 1. The van der Waals surface area contributed by atoms with Gasteiger partial charge < -0.3 is 0 Å². The van der Waals surface area contributed by atoms with Gasteiger partial charge in [0.1, 0.15) is 4.11 Å². The molecule has 0 saturated carbocycles. The molecule has 0 radical (unpaired) electrons. The van der Waals surface area contributed by atoms with Gasteiger partial charge in [0.25, 0.3) is 0 Å². The van der Waals surface area contributed by atoms with E-state index in [2.05, 4.69) is 8.37 Å². The molecule has 0 aromatic rings. The second-order valence-corrected chi connectivity index (χ2v) is 4.31. The highest BCUT2D eigenvalue weighted by molar-refractivity contribution is 14.1. The minimum atomic E-state index is -3.73. The minimum Gasteiger partial charge on any atom is -0.252 e. The van der Waals surface area contributed by atoms with Gasteiger partial charge in [-0.05, 0) is 29.5 Å². The van der Waals surface area contributed by atoms with Gasteiger partial charge in [0.2, 0.25) is 0 Å². The van der Waals surface area contributed by atoms with Crippen LogP contribution in [0.3, 0.4) is 0 Å². The van der Waals surface area contributed by atoms with Gasteiger partial charge in [0, 0.05) is 0 Å². The number of hydrogen-bond acceptors (Lipinski definition) is 4. The predicted octanol–water partition coefficient (Wildman–Crippen LogP) is 0.675. The molecule has 0 aliphatic carbocycles. The van der Waals surface area contributed by atoms with Crippen LogP contribution in [0.1, 0.15) is 6.92 Å². The lowest BCUT2D eigenvalue weighted by atomic mass is 10.9. The van der Waals surface area contributed by atoms with Crippen LogP contribution in [0.15, 0.2) is 0 Å². The lowest BCUT2D eigenvalue weighted by Gasteiger charge is -2.02. The van der Waals surface area contributed by atoms with Gasteiger partial charge in [0.05, 0.1) is 7.11 Å². The highest BCUT2D eigenvalue weighted by atomic mass is 127. The normalized spacial score (nSPS) is 15.4. The third-order valence-electron chi connectivity index (χ3n) is 0.455. The quantitative estimate of drug-likeness (QED) is 0.556. The highest BCUT2D eigenvalue weighted by Crippen LogP contribution is 2.05. The van der Waals surface area contributed by atoms with E-state index in [1.54, 1.807) is 6.92 Å². The summed E-state index contributed by atoms with van der Waals surface area (Å²) in [6, 6.07) is 0. The second-order valence-electron chi connectivity index (χ2n) is 1.21. The van der Waals surface area contributed by atoms with Gasteiger partial charge in [-0.1, -0.05) is 0 Å². The van der Waals surface area contributed by atoms with E-state index >= 15 is 0 Å². The largest absolute Gasteiger partial charge is 0.400 e. The molecular formula is C3H7IO4S.